The molecule has 0 heterocycles. The van der Waals surface area contributed by atoms with Crippen molar-refractivity contribution in [2.75, 3.05) is 0 Å². The lowest BCUT2D eigenvalue weighted by Gasteiger charge is -2.01. The molecule has 0 aliphatic rings. The molecule has 19 heavy (non-hydrogen) atoms. The van der Waals surface area contributed by atoms with Crippen molar-refractivity contribution >= 4 is 12.1 Å². The lowest BCUT2D eigenvalue weighted by atomic mass is 10.2. The smallest absolute Gasteiger partial charge is 0.274 e. The van der Waals surface area contributed by atoms with Gasteiger partial charge >= 0.3 is 0 Å². The van der Waals surface area contributed by atoms with E-state index in [1.807, 2.05) is 0 Å². The van der Waals surface area contributed by atoms with E-state index in [9.17, 15) is 14.3 Å². The molecule has 2 aromatic carbocycles. The lowest BCUT2D eigenvalue weighted by molar-refractivity contribution is 0.0951. The summed E-state index contributed by atoms with van der Waals surface area (Å²) < 4.78 is 13.3. The molecule has 0 bridgehead atoms. The third-order valence-corrected chi connectivity index (χ3v) is 2.42. The number of phenolic OH excluding ortho intramolecular Hbond substituents is 1. The second kappa shape index (κ2) is 5.77. The quantitative estimate of drug-likeness (QED) is 0.655. The molecule has 2 N–H and O–H groups in total. The molecule has 5 heteroatoms. The fourth-order valence-corrected chi connectivity index (χ4v) is 1.46. The van der Waals surface area contributed by atoms with Gasteiger partial charge in [-0.15, -0.1) is 0 Å². The topological polar surface area (TPSA) is 61.7 Å². The van der Waals surface area contributed by atoms with Crippen LogP contribution in [0.15, 0.2) is 53.6 Å². The highest BCUT2D eigenvalue weighted by atomic mass is 19.1. The first-order valence-corrected chi connectivity index (χ1v) is 5.54. The summed E-state index contributed by atoms with van der Waals surface area (Å²) in [6, 6.07) is 12.1. The minimum absolute atomic E-state index is 0.0476. The van der Waals surface area contributed by atoms with Crippen LogP contribution in [0, 0.1) is 5.82 Å². The van der Waals surface area contributed by atoms with E-state index in [0.717, 1.165) is 0 Å². The summed E-state index contributed by atoms with van der Waals surface area (Å²) in [6.45, 7) is 0. The number of hydrazone groups is 1. The average molecular weight is 258 g/mol. The van der Waals surface area contributed by atoms with Gasteiger partial charge < -0.3 is 5.11 Å². The number of hydrogen-bond donors (Lipinski definition) is 2. The van der Waals surface area contributed by atoms with E-state index in [-0.39, 0.29) is 11.3 Å². The number of amides is 1. The van der Waals surface area contributed by atoms with Crippen molar-refractivity contribution in [1.82, 2.24) is 5.43 Å². The summed E-state index contributed by atoms with van der Waals surface area (Å²) in [4.78, 5) is 11.6. The highest BCUT2D eigenvalue weighted by Gasteiger charge is 2.09. The molecule has 0 radical (unpaired) electrons. The van der Waals surface area contributed by atoms with Gasteiger partial charge in [-0.1, -0.05) is 24.3 Å². The van der Waals surface area contributed by atoms with Crippen molar-refractivity contribution in [1.29, 1.82) is 0 Å². The van der Waals surface area contributed by atoms with Gasteiger partial charge in [-0.2, -0.15) is 5.10 Å². The van der Waals surface area contributed by atoms with Crippen LogP contribution in [0.2, 0.25) is 0 Å². The van der Waals surface area contributed by atoms with E-state index in [1.165, 1.54) is 30.5 Å². The molecule has 0 atom stereocenters. The minimum atomic E-state index is -0.648. The Balaban J connectivity index is 2.06. The van der Waals surface area contributed by atoms with Gasteiger partial charge in [0.1, 0.15) is 11.6 Å². The Kier molecular flexibility index (Phi) is 3.87. The highest BCUT2D eigenvalue weighted by Crippen LogP contribution is 2.12. The Morgan fingerprint density at radius 1 is 1.16 bits per heavy atom. The van der Waals surface area contributed by atoms with Crippen LogP contribution in [0.5, 0.6) is 5.75 Å². The number of hydrogen-bond acceptors (Lipinski definition) is 3. The molecule has 2 aromatic rings. The standard InChI is InChI=1S/C14H11FN2O2/c15-12-7-3-2-6-11(12)14(19)17-16-9-10-5-1-4-8-13(10)18/h1-9,18H,(H,17,19)/b16-9+. The Labute approximate surface area is 109 Å². The van der Waals surface area contributed by atoms with Crippen LogP contribution < -0.4 is 5.43 Å². The van der Waals surface area contributed by atoms with Crippen molar-refractivity contribution in [3.63, 3.8) is 0 Å². The van der Waals surface area contributed by atoms with E-state index in [4.69, 9.17) is 0 Å². The summed E-state index contributed by atoms with van der Waals surface area (Å²) >= 11 is 0. The average Bonchev–Trinajstić information content (AvgIpc) is 2.41. The first-order valence-electron chi connectivity index (χ1n) is 5.54. The second-order valence-corrected chi connectivity index (χ2v) is 3.74. The van der Waals surface area contributed by atoms with Gasteiger partial charge in [-0.3, -0.25) is 4.79 Å². The van der Waals surface area contributed by atoms with E-state index >= 15 is 0 Å². The number of nitrogens with one attached hydrogen (secondary N) is 1. The van der Waals surface area contributed by atoms with Crippen molar-refractivity contribution < 1.29 is 14.3 Å². The maximum Gasteiger partial charge on any atom is 0.274 e. The Hall–Kier alpha value is -2.69. The number of benzene rings is 2. The third kappa shape index (κ3) is 3.16. The predicted octanol–water partition coefficient (Wildman–Crippen LogP) is 2.30. The van der Waals surface area contributed by atoms with Gasteiger partial charge in [-0.05, 0) is 24.3 Å². The first kappa shape index (κ1) is 12.8. The molecule has 4 nitrogen and oxygen atoms in total. The van der Waals surface area contributed by atoms with Gasteiger partial charge in [0.25, 0.3) is 5.91 Å². The molecule has 0 saturated heterocycles. The number of carbonyl (C=O) groups is 1. The first-order chi connectivity index (χ1) is 9.18. The number of halogens is 1. The fraction of sp³-hybridized carbons (Fsp3) is 0. The number of aromatic hydroxyl groups is 1. The largest absolute Gasteiger partial charge is 0.507 e. The zero-order valence-electron chi connectivity index (χ0n) is 9.88. The van der Waals surface area contributed by atoms with Crippen LogP contribution in [0.4, 0.5) is 4.39 Å². The zero-order chi connectivity index (χ0) is 13.7. The molecule has 96 valence electrons. The summed E-state index contributed by atoms with van der Waals surface area (Å²) in [5.74, 6) is -1.21. The van der Waals surface area contributed by atoms with Gasteiger partial charge in [0.15, 0.2) is 0 Å². The second-order valence-electron chi connectivity index (χ2n) is 3.74. The molecular formula is C14H11FN2O2. The van der Waals surface area contributed by atoms with Gasteiger partial charge in [0.2, 0.25) is 0 Å². The highest BCUT2D eigenvalue weighted by molar-refractivity contribution is 5.95. The molecule has 2 rings (SSSR count). The maximum atomic E-state index is 13.3. The number of carbonyl (C=O) groups excluding carboxylic acids is 1. The van der Waals surface area contributed by atoms with Crippen molar-refractivity contribution in [2.45, 2.75) is 0 Å². The van der Waals surface area contributed by atoms with Gasteiger partial charge in [-0.25, -0.2) is 9.82 Å². The Bertz CT molecular complexity index is 626. The molecular weight excluding hydrogens is 247 g/mol. The number of para-hydroxylation sites is 1. The van der Waals surface area contributed by atoms with Gasteiger partial charge in [0, 0.05) is 5.56 Å². The molecule has 0 aliphatic heterocycles. The normalized spacial score (nSPS) is 10.6. The van der Waals surface area contributed by atoms with Crippen molar-refractivity contribution in [3.8, 4) is 5.75 Å². The van der Waals surface area contributed by atoms with Crippen LogP contribution in [-0.2, 0) is 0 Å². The molecule has 0 saturated carbocycles. The summed E-state index contributed by atoms with van der Waals surface area (Å²) in [5, 5.41) is 13.1. The zero-order valence-corrected chi connectivity index (χ0v) is 9.88. The van der Waals surface area contributed by atoms with Crippen LogP contribution in [-0.4, -0.2) is 17.2 Å². The summed E-state index contributed by atoms with van der Waals surface area (Å²) in [7, 11) is 0. The molecule has 1 amide bonds. The van der Waals surface area contributed by atoms with Crippen LogP contribution in [0.3, 0.4) is 0 Å². The SMILES string of the molecule is O=C(N/N=C/c1ccccc1O)c1ccccc1F. The number of rotatable bonds is 3. The molecule has 0 unspecified atom stereocenters. The lowest BCUT2D eigenvalue weighted by Crippen LogP contribution is -2.18. The van der Waals surface area contributed by atoms with Crippen LogP contribution in [0.25, 0.3) is 0 Å². The van der Waals surface area contributed by atoms with Crippen LogP contribution >= 0.6 is 0 Å². The van der Waals surface area contributed by atoms with Crippen molar-refractivity contribution in [2.24, 2.45) is 5.10 Å². The summed E-state index contributed by atoms with van der Waals surface area (Å²) in [5.41, 5.74) is 2.56. The monoisotopic (exact) mass is 258 g/mol. The Morgan fingerprint density at radius 2 is 1.84 bits per heavy atom. The van der Waals surface area contributed by atoms with E-state index < -0.39 is 11.7 Å². The maximum absolute atomic E-state index is 13.3. The van der Waals surface area contributed by atoms with E-state index in [0.29, 0.717) is 5.56 Å². The molecule has 0 fully saturated rings. The number of nitrogens with zero attached hydrogens (tertiary/aromatic N) is 1. The third-order valence-electron chi connectivity index (χ3n) is 2.42. The van der Waals surface area contributed by atoms with E-state index in [2.05, 4.69) is 10.5 Å². The fourth-order valence-electron chi connectivity index (χ4n) is 1.46. The van der Waals surface area contributed by atoms with Crippen molar-refractivity contribution in [3.05, 3.63) is 65.5 Å². The minimum Gasteiger partial charge on any atom is -0.507 e. The number of phenols is 1. The molecule has 0 aromatic heterocycles. The van der Waals surface area contributed by atoms with E-state index in [1.54, 1.807) is 24.3 Å². The van der Waals surface area contributed by atoms with Gasteiger partial charge in [0.05, 0.1) is 11.8 Å². The Morgan fingerprint density at radius 3 is 2.58 bits per heavy atom. The predicted molar refractivity (Wildman–Crippen MR) is 69.6 cm³/mol. The van der Waals surface area contributed by atoms with Crippen LogP contribution in [0.1, 0.15) is 15.9 Å². The summed E-state index contributed by atoms with van der Waals surface area (Å²) in [6.07, 6.45) is 1.29. The molecule has 0 spiro atoms. The molecule has 0 aliphatic carbocycles.